The minimum Gasteiger partial charge on any atom is -0.477 e. The van der Waals surface area contributed by atoms with Crippen LogP contribution in [0, 0.1) is 11.8 Å². The van der Waals surface area contributed by atoms with Crippen LogP contribution in [0.3, 0.4) is 0 Å². The third-order valence-electron chi connectivity index (χ3n) is 7.93. The molecule has 3 fully saturated rings. The summed E-state index contributed by atoms with van der Waals surface area (Å²) in [6.45, 7) is 4.37. The summed E-state index contributed by atoms with van der Waals surface area (Å²) in [6.07, 6.45) is -3.55. The number of nitrogens with one attached hydrogen (secondary N) is 2. The number of rotatable bonds is 8. The van der Waals surface area contributed by atoms with E-state index in [0.717, 1.165) is 6.42 Å². The molecule has 1 unspecified atom stereocenters. The van der Waals surface area contributed by atoms with Gasteiger partial charge in [-0.15, -0.1) is 22.0 Å². The topological polar surface area (TPSA) is 189 Å². The molecule has 41 heavy (non-hydrogen) atoms. The zero-order valence-corrected chi connectivity index (χ0v) is 23.0. The van der Waals surface area contributed by atoms with Crippen LogP contribution in [0.1, 0.15) is 32.5 Å². The number of carboxylic acids is 1. The largest absolute Gasteiger partial charge is 0.477 e. The summed E-state index contributed by atoms with van der Waals surface area (Å²) in [5, 5.41) is 25.0. The lowest BCUT2D eigenvalue weighted by molar-refractivity contribution is -0.158. The molecule has 224 valence electrons. The number of nitrogens with zero attached hydrogens (tertiary/aromatic N) is 6. The Hall–Kier alpha value is -3.25. The Morgan fingerprint density at radius 3 is 2.66 bits per heavy atom. The van der Waals surface area contributed by atoms with Crippen LogP contribution in [-0.4, -0.2) is 108 Å². The molecule has 0 aliphatic carbocycles. The number of alkyl halides is 3. The van der Waals surface area contributed by atoms with Gasteiger partial charge in [0.1, 0.15) is 12.2 Å². The quantitative estimate of drug-likeness (QED) is 0.267. The highest BCUT2D eigenvalue weighted by atomic mass is 32.2. The molecule has 3 saturated heterocycles. The Morgan fingerprint density at radius 1 is 1.32 bits per heavy atom. The van der Waals surface area contributed by atoms with E-state index in [1.54, 1.807) is 11.8 Å². The van der Waals surface area contributed by atoms with Gasteiger partial charge < -0.3 is 31.3 Å². The van der Waals surface area contributed by atoms with Crippen molar-refractivity contribution in [2.45, 2.75) is 68.8 Å². The molecule has 14 nitrogen and oxygen atoms in total. The fourth-order valence-electron chi connectivity index (χ4n) is 6.01. The van der Waals surface area contributed by atoms with E-state index in [4.69, 9.17) is 5.73 Å². The van der Waals surface area contributed by atoms with Crippen molar-refractivity contribution < 1.29 is 37.5 Å². The number of halogens is 3. The number of hydrogen-bond acceptors (Lipinski definition) is 10. The second-order valence-corrected chi connectivity index (χ2v) is 12.1. The number of thioether (sulfide) groups is 1. The molecular weight excluding hydrogens is 571 g/mol. The lowest BCUT2D eigenvalue weighted by Crippen LogP contribution is -2.66. The average Bonchev–Trinajstić information content (AvgIpc) is 3.66. The standard InChI is InChI=1S/C23H30F3N9O5S/c1-9-16-15(10(2)29-14(36)8-34-31-22(30-32-34)23(24,25)26)20(38)35(16)17(21(39)40)18(9)41-12-5-13(28-6-12)19(37)33-4-3-11(27)7-33/h9-13,15-16,28H,3-8,27H2,1-2H3,(H,29,36)(H,39,40)/t9-,10-,11?,12+,13+,15-,16-/m1/s1. The number of aliphatic carboxylic acids is 1. The maximum atomic E-state index is 13.1. The number of carbonyl (C=O) groups is 4. The van der Waals surface area contributed by atoms with E-state index in [9.17, 15) is 37.5 Å². The van der Waals surface area contributed by atoms with Gasteiger partial charge >= 0.3 is 12.1 Å². The number of amides is 3. The van der Waals surface area contributed by atoms with Crippen molar-refractivity contribution in [1.82, 2.24) is 40.6 Å². The molecule has 0 aromatic carbocycles. The van der Waals surface area contributed by atoms with E-state index >= 15 is 0 Å². The molecule has 3 amide bonds. The molecule has 5 heterocycles. The molecule has 0 spiro atoms. The molecule has 5 rings (SSSR count). The molecule has 0 saturated carbocycles. The van der Waals surface area contributed by atoms with Gasteiger partial charge in [0.25, 0.3) is 5.82 Å². The SMILES string of the molecule is C[C@@H](NC(=O)Cn1nnc(C(F)(F)F)n1)[C@H]1C(=O)N2C(C(=O)O)=C(S[C@@H]3CN[C@H](C(=O)N4CCC(N)C4)C3)[C@H](C)[C@H]12. The number of nitrogens with two attached hydrogens (primary N) is 1. The molecule has 5 N–H and O–H groups in total. The van der Waals surface area contributed by atoms with E-state index in [1.807, 2.05) is 6.92 Å². The average molecular weight is 602 g/mol. The summed E-state index contributed by atoms with van der Waals surface area (Å²) in [4.78, 5) is 54.8. The van der Waals surface area contributed by atoms with Crippen LogP contribution in [-0.2, 0) is 31.9 Å². The number of aromatic nitrogens is 4. The maximum absolute atomic E-state index is 13.1. The summed E-state index contributed by atoms with van der Waals surface area (Å²) >= 11 is 1.35. The van der Waals surface area contributed by atoms with Crippen LogP contribution >= 0.6 is 11.8 Å². The van der Waals surface area contributed by atoms with Gasteiger partial charge in [-0.1, -0.05) is 6.92 Å². The first-order valence-electron chi connectivity index (χ1n) is 13.2. The summed E-state index contributed by atoms with van der Waals surface area (Å²) in [5.74, 6) is -5.04. The number of tetrazole rings is 1. The second-order valence-electron chi connectivity index (χ2n) is 10.8. The molecule has 18 heteroatoms. The first-order chi connectivity index (χ1) is 19.3. The molecular formula is C23H30F3N9O5S. The van der Waals surface area contributed by atoms with Crippen molar-refractivity contribution in [2.24, 2.45) is 17.6 Å². The Kier molecular flexibility index (Phi) is 7.75. The van der Waals surface area contributed by atoms with Crippen molar-refractivity contribution in [3.8, 4) is 0 Å². The molecule has 1 aromatic rings. The molecule has 7 atom stereocenters. The van der Waals surface area contributed by atoms with Crippen LogP contribution in [0.25, 0.3) is 0 Å². The fourth-order valence-corrected chi connectivity index (χ4v) is 7.49. The minimum absolute atomic E-state index is 0.0210. The van der Waals surface area contributed by atoms with Gasteiger partial charge in [0.05, 0.1) is 18.0 Å². The molecule has 1 aromatic heterocycles. The fraction of sp³-hybridized carbons (Fsp3) is 0.696. The Balaban J connectivity index is 1.21. The van der Waals surface area contributed by atoms with Crippen molar-refractivity contribution in [3.63, 3.8) is 0 Å². The Bertz CT molecular complexity index is 1290. The van der Waals surface area contributed by atoms with Gasteiger partial charge in [0, 0.05) is 47.8 Å². The zero-order valence-electron chi connectivity index (χ0n) is 22.2. The Labute approximate surface area is 236 Å². The number of hydrogen-bond donors (Lipinski definition) is 4. The lowest BCUT2D eigenvalue weighted by atomic mass is 9.78. The van der Waals surface area contributed by atoms with Crippen LogP contribution in [0.15, 0.2) is 10.6 Å². The molecule has 0 bridgehead atoms. The summed E-state index contributed by atoms with van der Waals surface area (Å²) in [6, 6.07) is -1.69. The van der Waals surface area contributed by atoms with Gasteiger partial charge in [0.2, 0.25) is 17.7 Å². The predicted molar refractivity (Wildman–Crippen MR) is 135 cm³/mol. The first kappa shape index (κ1) is 29.2. The summed E-state index contributed by atoms with van der Waals surface area (Å²) < 4.78 is 38.1. The van der Waals surface area contributed by atoms with Gasteiger partial charge in [-0.2, -0.15) is 18.0 Å². The molecule has 0 radical (unpaired) electrons. The van der Waals surface area contributed by atoms with Gasteiger partial charge in [0.15, 0.2) is 0 Å². The third-order valence-corrected chi connectivity index (χ3v) is 9.44. The lowest BCUT2D eigenvalue weighted by Gasteiger charge is -2.47. The highest BCUT2D eigenvalue weighted by Crippen LogP contribution is 2.51. The molecule has 4 aliphatic heterocycles. The number of β-lactam (4-membered cyclic amide) rings is 1. The van der Waals surface area contributed by atoms with E-state index in [0.29, 0.717) is 35.8 Å². The number of carboxylic acid groups (broad SMARTS) is 1. The normalized spacial score (nSPS) is 30.4. The van der Waals surface area contributed by atoms with Crippen LogP contribution in [0.2, 0.25) is 0 Å². The highest BCUT2D eigenvalue weighted by molar-refractivity contribution is 8.03. The third kappa shape index (κ3) is 5.51. The predicted octanol–water partition coefficient (Wildman–Crippen LogP) is -1.01. The van der Waals surface area contributed by atoms with Crippen molar-refractivity contribution in [1.29, 1.82) is 0 Å². The number of carbonyl (C=O) groups excluding carboxylic acids is 3. The monoisotopic (exact) mass is 601 g/mol. The summed E-state index contributed by atoms with van der Waals surface area (Å²) in [7, 11) is 0. The number of likely N-dealkylation sites (tertiary alicyclic amines) is 1. The first-order valence-corrected chi connectivity index (χ1v) is 14.0. The van der Waals surface area contributed by atoms with Gasteiger partial charge in [-0.25, -0.2) is 4.79 Å². The highest BCUT2D eigenvalue weighted by Gasteiger charge is 2.60. The van der Waals surface area contributed by atoms with Crippen molar-refractivity contribution in [3.05, 3.63) is 16.4 Å². The number of fused-ring (bicyclic) bond motifs is 1. The minimum atomic E-state index is -4.81. The van der Waals surface area contributed by atoms with Crippen LogP contribution in [0.5, 0.6) is 0 Å². The Morgan fingerprint density at radius 2 is 2.05 bits per heavy atom. The maximum Gasteiger partial charge on any atom is 0.455 e. The van der Waals surface area contributed by atoms with Gasteiger partial charge in [-0.3, -0.25) is 14.4 Å². The second kappa shape index (κ2) is 10.9. The van der Waals surface area contributed by atoms with E-state index in [2.05, 4.69) is 26.0 Å². The van der Waals surface area contributed by atoms with E-state index in [1.165, 1.54) is 16.7 Å². The van der Waals surface area contributed by atoms with Crippen LogP contribution < -0.4 is 16.4 Å². The van der Waals surface area contributed by atoms with Gasteiger partial charge in [-0.05, 0) is 25.0 Å². The molecule has 4 aliphatic rings. The summed E-state index contributed by atoms with van der Waals surface area (Å²) in [5.41, 5.74) is 5.83. The van der Waals surface area contributed by atoms with Crippen LogP contribution in [0.4, 0.5) is 13.2 Å². The smallest absolute Gasteiger partial charge is 0.455 e. The van der Waals surface area contributed by atoms with E-state index < -0.39 is 60.4 Å². The van der Waals surface area contributed by atoms with Crippen molar-refractivity contribution in [2.75, 3.05) is 19.6 Å². The van der Waals surface area contributed by atoms with Crippen molar-refractivity contribution >= 4 is 35.5 Å². The van der Waals surface area contributed by atoms with E-state index in [-0.39, 0.29) is 28.8 Å². The zero-order chi connectivity index (χ0) is 29.8.